The Hall–Kier alpha value is -2.89. The number of hydrogen-bond donors (Lipinski definition) is 1. The third-order valence-electron chi connectivity index (χ3n) is 9.46. The molecule has 4 aliphatic rings. The van der Waals surface area contributed by atoms with Crippen molar-refractivity contribution in [2.24, 2.45) is 23.2 Å². The van der Waals surface area contributed by atoms with Crippen LogP contribution in [0.2, 0.25) is 0 Å². The minimum Gasteiger partial charge on any atom is -0.351 e. The standard InChI is InChI=1S/C29H36N4O2/c1-18-25-15-30-33(28(35)27(25)19(2)32(18)16-21-7-5-4-6-8-21)17-26(34)31-20(3)29-12-22-9-23(13-29)11-24(10-22)14-29/h4-8,15,20,22-24H,9-14,16-17H2,1-3H3,(H,31,34)/t20-,22?,23?,24?,29?/m0/s1. The van der Waals surface area contributed by atoms with Gasteiger partial charge in [-0.2, -0.15) is 5.10 Å². The molecule has 0 unspecified atom stereocenters. The summed E-state index contributed by atoms with van der Waals surface area (Å²) in [4.78, 5) is 26.5. The van der Waals surface area contributed by atoms with Crippen LogP contribution in [0.4, 0.5) is 0 Å². The molecule has 0 aliphatic heterocycles. The fourth-order valence-corrected chi connectivity index (χ4v) is 8.04. The van der Waals surface area contributed by atoms with Crippen molar-refractivity contribution in [3.63, 3.8) is 0 Å². The predicted molar refractivity (Wildman–Crippen MR) is 137 cm³/mol. The third-order valence-corrected chi connectivity index (χ3v) is 9.46. The molecule has 0 saturated heterocycles. The quantitative estimate of drug-likeness (QED) is 0.571. The van der Waals surface area contributed by atoms with Crippen LogP contribution in [0, 0.1) is 37.0 Å². The van der Waals surface area contributed by atoms with E-state index in [1.807, 2.05) is 32.0 Å². The lowest BCUT2D eigenvalue weighted by molar-refractivity contribution is -0.126. The highest BCUT2D eigenvalue weighted by atomic mass is 16.2. The van der Waals surface area contributed by atoms with Gasteiger partial charge in [0.1, 0.15) is 6.54 Å². The Labute approximate surface area is 206 Å². The van der Waals surface area contributed by atoms with E-state index < -0.39 is 0 Å². The summed E-state index contributed by atoms with van der Waals surface area (Å²) in [6, 6.07) is 10.4. The van der Waals surface area contributed by atoms with Crippen LogP contribution < -0.4 is 10.9 Å². The maximum absolute atomic E-state index is 13.4. The lowest BCUT2D eigenvalue weighted by Crippen LogP contribution is -2.56. The van der Waals surface area contributed by atoms with E-state index in [1.165, 1.54) is 48.8 Å². The number of hydrogen-bond acceptors (Lipinski definition) is 3. The van der Waals surface area contributed by atoms with Gasteiger partial charge in [0.2, 0.25) is 5.91 Å². The second-order valence-electron chi connectivity index (χ2n) is 11.7. The van der Waals surface area contributed by atoms with Crippen LogP contribution >= 0.6 is 0 Å². The van der Waals surface area contributed by atoms with Gasteiger partial charge >= 0.3 is 0 Å². The summed E-state index contributed by atoms with van der Waals surface area (Å²) >= 11 is 0. The lowest BCUT2D eigenvalue weighted by atomic mass is 9.48. The molecule has 6 nitrogen and oxygen atoms in total. The monoisotopic (exact) mass is 472 g/mol. The molecule has 3 aromatic rings. The highest BCUT2D eigenvalue weighted by Crippen LogP contribution is 2.61. The number of carbonyl (C=O) groups excluding carboxylic acids is 1. The normalized spacial score (nSPS) is 27.9. The molecule has 1 N–H and O–H groups in total. The first-order valence-corrected chi connectivity index (χ1v) is 13.2. The molecule has 4 saturated carbocycles. The van der Waals surface area contributed by atoms with E-state index in [-0.39, 0.29) is 29.5 Å². The molecule has 7 rings (SSSR count). The van der Waals surface area contributed by atoms with Gasteiger partial charge in [0.15, 0.2) is 0 Å². The topological polar surface area (TPSA) is 68.9 Å². The Balaban J connectivity index is 1.22. The zero-order valence-corrected chi connectivity index (χ0v) is 21.1. The number of nitrogens with zero attached hydrogens (tertiary/aromatic N) is 3. The Kier molecular flexibility index (Phi) is 5.39. The first kappa shape index (κ1) is 22.6. The molecule has 4 aliphatic carbocycles. The number of aryl methyl sites for hydroxylation is 2. The summed E-state index contributed by atoms with van der Waals surface area (Å²) in [5.41, 5.74) is 3.19. The highest BCUT2D eigenvalue weighted by molar-refractivity contribution is 5.87. The van der Waals surface area contributed by atoms with Gasteiger partial charge in [-0.1, -0.05) is 30.3 Å². The summed E-state index contributed by atoms with van der Waals surface area (Å²) in [6.07, 6.45) is 9.66. The fraction of sp³-hybridized carbons (Fsp3) is 0.552. The van der Waals surface area contributed by atoms with Crippen molar-refractivity contribution in [1.82, 2.24) is 19.7 Å². The molecule has 0 radical (unpaired) electrons. The smallest absolute Gasteiger partial charge is 0.276 e. The SMILES string of the molecule is Cc1c2cnn(CC(=O)N[C@@H](C)C34CC5CC(CC(C5)C3)C4)c(=O)c2c(C)n1Cc1ccccc1. The van der Waals surface area contributed by atoms with E-state index in [2.05, 4.69) is 34.0 Å². The number of nitrogens with one attached hydrogen (secondary N) is 1. The van der Waals surface area contributed by atoms with E-state index in [0.717, 1.165) is 34.5 Å². The number of rotatable bonds is 6. The average Bonchev–Trinajstić information content (AvgIpc) is 3.05. The maximum Gasteiger partial charge on any atom is 0.276 e. The van der Waals surface area contributed by atoms with Crippen molar-refractivity contribution in [1.29, 1.82) is 0 Å². The van der Waals surface area contributed by atoms with E-state index >= 15 is 0 Å². The van der Waals surface area contributed by atoms with Gasteiger partial charge in [0.05, 0.1) is 11.6 Å². The zero-order chi connectivity index (χ0) is 24.3. The predicted octanol–water partition coefficient (Wildman–Crippen LogP) is 4.58. The van der Waals surface area contributed by atoms with Crippen molar-refractivity contribution in [3.8, 4) is 0 Å². The third kappa shape index (κ3) is 3.82. The highest BCUT2D eigenvalue weighted by Gasteiger charge is 2.53. The molecule has 1 amide bonds. The average molecular weight is 473 g/mol. The largest absolute Gasteiger partial charge is 0.351 e. The molecule has 1 atom stereocenters. The minimum atomic E-state index is -0.187. The minimum absolute atomic E-state index is 0.0339. The van der Waals surface area contributed by atoms with E-state index in [0.29, 0.717) is 11.9 Å². The van der Waals surface area contributed by atoms with Gasteiger partial charge in [0, 0.05) is 29.4 Å². The van der Waals surface area contributed by atoms with Crippen molar-refractivity contribution >= 4 is 16.7 Å². The molecule has 184 valence electrons. The van der Waals surface area contributed by atoms with Crippen molar-refractivity contribution < 1.29 is 4.79 Å². The van der Waals surface area contributed by atoms with E-state index in [4.69, 9.17) is 0 Å². The zero-order valence-electron chi connectivity index (χ0n) is 21.1. The summed E-state index contributed by atoms with van der Waals surface area (Å²) in [5, 5.41) is 9.20. The second kappa shape index (κ2) is 8.35. The van der Waals surface area contributed by atoms with Gasteiger partial charge < -0.3 is 9.88 Å². The van der Waals surface area contributed by atoms with E-state index in [9.17, 15) is 9.59 Å². The van der Waals surface area contributed by atoms with Crippen LogP contribution in [0.15, 0.2) is 41.3 Å². The van der Waals surface area contributed by atoms with Gasteiger partial charge in [-0.15, -0.1) is 0 Å². The van der Waals surface area contributed by atoms with Gasteiger partial charge in [-0.05, 0) is 88.0 Å². The molecular formula is C29H36N4O2. The molecule has 4 bridgehead atoms. The first-order valence-electron chi connectivity index (χ1n) is 13.2. The van der Waals surface area contributed by atoms with Crippen LogP contribution in [0.25, 0.3) is 10.8 Å². The Bertz CT molecular complexity index is 1300. The van der Waals surface area contributed by atoms with Crippen LogP contribution in [0.5, 0.6) is 0 Å². The van der Waals surface area contributed by atoms with Gasteiger partial charge in [0.25, 0.3) is 5.56 Å². The molecule has 35 heavy (non-hydrogen) atoms. The van der Waals surface area contributed by atoms with Crippen molar-refractivity contribution in [2.75, 3.05) is 0 Å². The Morgan fingerprint density at radius 3 is 2.31 bits per heavy atom. The van der Waals surface area contributed by atoms with Crippen molar-refractivity contribution in [3.05, 3.63) is 63.8 Å². The van der Waals surface area contributed by atoms with E-state index in [1.54, 1.807) is 6.20 Å². The van der Waals surface area contributed by atoms with Crippen LogP contribution in [-0.4, -0.2) is 26.3 Å². The van der Waals surface area contributed by atoms with Gasteiger partial charge in [-0.25, -0.2) is 4.68 Å². The number of carbonyl (C=O) groups is 1. The molecule has 6 heteroatoms. The van der Waals surface area contributed by atoms with Crippen LogP contribution in [0.3, 0.4) is 0 Å². The molecular weight excluding hydrogens is 436 g/mol. The summed E-state index contributed by atoms with van der Waals surface area (Å²) < 4.78 is 3.51. The second-order valence-corrected chi connectivity index (χ2v) is 11.7. The number of benzene rings is 1. The van der Waals surface area contributed by atoms with Gasteiger partial charge in [-0.3, -0.25) is 9.59 Å². The first-order chi connectivity index (χ1) is 16.8. The van der Waals surface area contributed by atoms with Crippen LogP contribution in [-0.2, 0) is 17.9 Å². The Morgan fingerprint density at radius 2 is 1.69 bits per heavy atom. The summed E-state index contributed by atoms with van der Waals surface area (Å²) in [6.45, 7) is 6.87. The number of aromatic nitrogens is 3. The summed E-state index contributed by atoms with van der Waals surface area (Å²) in [5.74, 6) is 2.43. The number of fused-ring (bicyclic) bond motifs is 1. The molecule has 1 aromatic carbocycles. The fourth-order valence-electron chi connectivity index (χ4n) is 8.04. The number of amides is 1. The lowest BCUT2D eigenvalue weighted by Gasteiger charge is -2.59. The molecule has 4 fully saturated rings. The molecule has 2 heterocycles. The Morgan fingerprint density at radius 1 is 1.06 bits per heavy atom. The molecule has 0 spiro atoms. The summed E-state index contributed by atoms with van der Waals surface area (Å²) in [7, 11) is 0. The van der Waals surface area contributed by atoms with Crippen molar-refractivity contribution in [2.45, 2.75) is 78.4 Å². The molecule has 2 aromatic heterocycles. The maximum atomic E-state index is 13.4. The van der Waals surface area contributed by atoms with Crippen LogP contribution in [0.1, 0.15) is 62.4 Å².